The number of rotatable bonds is 5. The Bertz CT molecular complexity index is 580. The van der Waals surface area contributed by atoms with E-state index in [-0.39, 0.29) is 0 Å². The van der Waals surface area contributed by atoms with E-state index >= 15 is 0 Å². The van der Waals surface area contributed by atoms with Gasteiger partial charge in [0.2, 0.25) is 0 Å². The van der Waals surface area contributed by atoms with Crippen LogP contribution in [0.15, 0.2) is 36.4 Å². The molecule has 100 valence electrons. The van der Waals surface area contributed by atoms with Crippen LogP contribution in [0.25, 0.3) is 0 Å². The molecule has 0 unspecified atom stereocenters. The minimum atomic E-state index is 0.447. The van der Waals surface area contributed by atoms with Crippen LogP contribution >= 0.6 is 35.2 Å². The Morgan fingerprint density at radius 2 is 2.00 bits per heavy atom. The molecule has 0 aliphatic heterocycles. The minimum Gasteiger partial charge on any atom is -0.389 e. The van der Waals surface area contributed by atoms with E-state index in [0.717, 1.165) is 28.6 Å². The van der Waals surface area contributed by atoms with E-state index in [4.69, 9.17) is 29.6 Å². The van der Waals surface area contributed by atoms with Crippen LogP contribution in [0.1, 0.15) is 16.0 Å². The van der Waals surface area contributed by atoms with Crippen LogP contribution in [0.2, 0.25) is 4.34 Å². The predicted molar refractivity (Wildman–Crippen MR) is 86.8 cm³/mol. The summed E-state index contributed by atoms with van der Waals surface area (Å²) in [5, 5.41) is 0. The largest absolute Gasteiger partial charge is 0.389 e. The molecule has 1 aromatic heterocycles. The Morgan fingerprint density at radius 1 is 1.26 bits per heavy atom. The van der Waals surface area contributed by atoms with Crippen molar-refractivity contribution in [3.05, 3.63) is 56.7 Å². The zero-order chi connectivity index (χ0) is 13.8. The molecule has 1 heterocycles. The van der Waals surface area contributed by atoms with Crippen molar-refractivity contribution in [1.29, 1.82) is 0 Å². The third-order valence-corrected chi connectivity index (χ3v) is 4.21. The second-order valence-electron chi connectivity index (χ2n) is 4.40. The summed E-state index contributed by atoms with van der Waals surface area (Å²) < 4.78 is 0.826. The third kappa shape index (κ3) is 4.01. The van der Waals surface area contributed by atoms with Crippen LogP contribution in [0, 0.1) is 0 Å². The van der Waals surface area contributed by atoms with Gasteiger partial charge in [0.15, 0.2) is 0 Å². The highest BCUT2D eigenvalue weighted by molar-refractivity contribution is 7.80. The summed E-state index contributed by atoms with van der Waals surface area (Å²) in [4.78, 5) is 3.92. The molecular formula is C14H15ClN2S2. The molecular weight excluding hydrogens is 296 g/mol. The standard InChI is InChI=1S/C14H15ClN2S2/c1-17(9-11-6-7-13(15)19-11)8-10-4-2-3-5-12(10)14(16)18/h2-7H,8-9H2,1H3,(H2,16,18). The number of thiophene rings is 1. The predicted octanol–water partition coefficient (Wildman–Crippen LogP) is 3.67. The SMILES string of the molecule is CN(Cc1ccc(Cl)s1)Cc1ccccc1C(N)=S. The molecule has 0 aliphatic carbocycles. The molecule has 2 rings (SSSR count). The topological polar surface area (TPSA) is 29.3 Å². The van der Waals surface area contributed by atoms with Gasteiger partial charge in [-0.1, -0.05) is 48.1 Å². The molecule has 2 N–H and O–H groups in total. The molecule has 0 saturated heterocycles. The van der Waals surface area contributed by atoms with Gasteiger partial charge >= 0.3 is 0 Å². The second-order valence-corrected chi connectivity index (χ2v) is 6.64. The Kier molecular flexibility index (Phi) is 4.93. The number of hydrogen-bond donors (Lipinski definition) is 1. The Hall–Kier alpha value is -0.940. The molecule has 19 heavy (non-hydrogen) atoms. The molecule has 2 nitrogen and oxygen atoms in total. The highest BCUT2D eigenvalue weighted by atomic mass is 35.5. The molecule has 0 atom stereocenters. The summed E-state index contributed by atoms with van der Waals surface area (Å²) in [7, 11) is 2.07. The van der Waals surface area contributed by atoms with Gasteiger partial charge in [-0.3, -0.25) is 4.90 Å². The zero-order valence-corrected chi connectivity index (χ0v) is 13.0. The molecule has 0 fully saturated rings. The Balaban J connectivity index is 2.06. The molecule has 0 amide bonds. The molecule has 0 spiro atoms. The maximum absolute atomic E-state index is 5.94. The number of hydrogen-bond acceptors (Lipinski definition) is 3. The summed E-state index contributed by atoms with van der Waals surface area (Å²) >= 11 is 12.6. The molecule has 5 heteroatoms. The van der Waals surface area contributed by atoms with Crippen LogP contribution in [-0.4, -0.2) is 16.9 Å². The third-order valence-electron chi connectivity index (χ3n) is 2.78. The first-order chi connectivity index (χ1) is 9.06. The molecule has 0 radical (unpaired) electrons. The van der Waals surface area contributed by atoms with Crippen molar-refractivity contribution in [2.45, 2.75) is 13.1 Å². The van der Waals surface area contributed by atoms with Crippen molar-refractivity contribution >= 4 is 40.1 Å². The van der Waals surface area contributed by atoms with E-state index in [9.17, 15) is 0 Å². The lowest BCUT2D eigenvalue weighted by atomic mass is 10.1. The first kappa shape index (κ1) is 14.5. The Labute approximate surface area is 127 Å². The van der Waals surface area contributed by atoms with Gasteiger partial charge in [-0.15, -0.1) is 11.3 Å². The fourth-order valence-electron chi connectivity index (χ4n) is 1.95. The lowest BCUT2D eigenvalue weighted by molar-refractivity contribution is 0.322. The lowest BCUT2D eigenvalue weighted by Gasteiger charge is -2.17. The number of nitrogens with zero attached hydrogens (tertiary/aromatic N) is 1. The van der Waals surface area contributed by atoms with Gasteiger partial charge in [0.1, 0.15) is 4.99 Å². The van der Waals surface area contributed by atoms with Crippen LogP contribution in [0.4, 0.5) is 0 Å². The summed E-state index contributed by atoms with van der Waals surface area (Å²) in [6.07, 6.45) is 0. The normalized spacial score (nSPS) is 10.9. The van der Waals surface area contributed by atoms with Gasteiger partial charge in [-0.25, -0.2) is 0 Å². The molecule has 0 bridgehead atoms. The van der Waals surface area contributed by atoms with Gasteiger partial charge in [-0.2, -0.15) is 0 Å². The summed E-state index contributed by atoms with van der Waals surface area (Å²) in [5.74, 6) is 0. The van der Waals surface area contributed by atoms with Gasteiger partial charge in [0, 0.05) is 23.5 Å². The zero-order valence-electron chi connectivity index (χ0n) is 10.6. The number of thiocarbonyl (C=S) groups is 1. The maximum Gasteiger partial charge on any atom is 0.104 e. The number of benzene rings is 1. The van der Waals surface area contributed by atoms with E-state index in [1.54, 1.807) is 11.3 Å². The smallest absolute Gasteiger partial charge is 0.104 e. The highest BCUT2D eigenvalue weighted by Gasteiger charge is 2.08. The summed E-state index contributed by atoms with van der Waals surface area (Å²) in [5.41, 5.74) is 7.85. The van der Waals surface area contributed by atoms with Gasteiger partial charge < -0.3 is 5.73 Å². The first-order valence-electron chi connectivity index (χ1n) is 5.86. The fourth-order valence-corrected chi connectivity index (χ4v) is 3.32. The molecule has 0 saturated carbocycles. The lowest BCUT2D eigenvalue weighted by Crippen LogP contribution is -2.20. The van der Waals surface area contributed by atoms with E-state index in [0.29, 0.717) is 4.99 Å². The van der Waals surface area contributed by atoms with Crippen LogP contribution in [0.5, 0.6) is 0 Å². The van der Waals surface area contributed by atoms with E-state index in [2.05, 4.69) is 24.1 Å². The average Bonchev–Trinajstić information content (AvgIpc) is 2.75. The van der Waals surface area contributed by atoms with E-state index in [1.165, 1.54) is 4.88 Å². The summed E-state index contributed by atoms with van der Waals surface area (Å²) in [6.45, 7) is 1.67. The van der Waals surface area contributed by atoms with Gasteiger partial charge in [0.05, 0.1) is 4.34 Å². The van der Waals surface area contributed by atoms with Crippen LogP contribution < -0.4 is 5.73 Å². The fraction of sp³-hybridized carbons (Fsp3) is 0.214. The van der Waals surface area contributed by atoms with Crippen molar-refractivity contribution in [3.8, 4) is 0 Å². The number of halogens is 1. The number of nitrogens with two attached hydrogens (primary N) is 1. The molecule has 2 aromatic rings. The van der Waals surface area contributed by atoms with Crippen molar-refractivity contribution in [2.75, 3.05) is 7.05 Å². The van der Waals surface area contributed by atoms with E-state index in [1.807, 2.05) is 24.3 Å². The quantitative estimate of drug-likeness (QED) is 0.854. The van der Waals surface area contributed by atoms with Crippen molar-refractivity contribution < 1.29 is 0 Å². The molecule has 1 aromatic carbocycles. The van der Waals surface area contributed by atoms with Crippen LogP contribution in [0.3, 0.4) is 0 Å². The van der Waals surface area contributed by atoms with Crippen molar-refractivity contribution in [1.82, 2.24) is 4.90 Å². The average molecular weight is 311 g/mol. The molecule has 0 aliphatic rings. The van der Waals surface area contributed by atoms with E-state index < -0.39 is 0 Å². The van der Waals surface area contributed by atoms with Gasteiger partial charge in [-0.05, 0) is 24.7 Å². The minimum absolute atomic E-state index is 0.447. The summed E-state index contributed by atoms with van der Waals surface area (Å²) in [6, 6.07) is 12.0. The second kappa shape index (κ2) is 6.48. The van der Waals surface area contributed by atoms with Crippen LogP contribution in [-0.2, 0) is 13.1 Å². The monoisotopic (exact) mass is 310 g/mol. The highest BCUT2D eigenvalue weighted by Crippen LogP contribution is 2.23. The van der Waals surface area contributed by atoms with Crippen molar-refractivity contribution in [2.24, 2.45) is 5.73 Å². The van der Waals surface area contributed by atoms with Crippen molar-refractivity contribution in [3.63, 3.8) is 0 Å². The maximum atomic E-state index is 5.94. The first-order valence-corrected chi connectivity index (χ1v) is 7.47. The Morgan fingerprint density at radius 3 is 2.63 bits per heavy atom. The van der Waals surface area contributed by atoms with Gasteiger partial charge in [0.25, 0.3) is 0 Å².